The second kappa shape index (κ2) is 9.65. The van der Waals surface area contributed by atoms with Crippen LogP contribution in [0.5, 0.6) is 17.2 Å². The van der Waals surface area contributed by atoms with Crippen LogP contribution in [0.3, 0.4) is 0 Å². The lowest BCUT2D eigenvalue weighted by molar-refractivity contribution is -0.137. The number of hydrazone groups is 1. The normalized spacial score (nSPS) is 14.3. The quantitative estimate of drug-likeness (QED) is 0.494. The maximum absolute atomic E-state index is 12.6. The maximum atomic E-state index is 12.6. The van der Waals surface area contributed by atoms with Gasteiger partial charge in [0.2, 0.25) is 0 Å². The Morgan fingerprint density at radius 2 is 1.48 bits per heavy atom. The molecule has 158 valence electrons. The average Bonchev–Trinajstić information content (AvgIpc) is 2.62. The Bertz CT molecular complexity index is 803. The molecule has 0 saturated carbocycles. The molecule has 0 fully saturated rings. The van der Waals surface area contributed by atoms with Crippen molar-refractivity contribution in [2.24, 2.45) is 5.10 Å². The number of hydrogen-bond acceptors (Lipinski definition) is 5. The minimum atomic E-state index is -4.38. The van der Waals surface area contributed by atoms with Gasteiger partial charge in [0, 0.05) is 26.2 Å². The van der Waals surface area contributed by atoms with E-state index in [2.05, 4.69) is 5.10 Å². The van der Waals surface area contributed by atoms with Gasteiger partial charge in [-0.05, 0) is 62.4 Å². The number of hydrogen-bond donors (Lipinski definition) is 1. The van der Waals surface area contributed by atoms with E-state index in [0.29, 0.717) is 23.7 Å². The topological polar surface area (TPSA) is 54.3 Å². The first-order valence-corrected chi connectivity index (χ1v) is 9.06. The van der Waals surface area contributed by atoms with Gasteiger partial charge >= 0.3 is 6.18 Å². The zero-order valence-corrected chi connectivity index (χ0v) is 16.8. The van der Waals surface area contributed by atoms with Crippen LogP contribution in [0, 0.1) is 0 Å². The van der Waals surface area contributed by atoms with E-state index < -0.39 is 23.9 Å². The maximum Gasteiger partial charge on any atom is 0.416 e. The molecule has 2 aromatic carbocycles. The summed E-state index contributed by atoms with van der Waals surface area (Å²) in [6.45, 7) is 3.60. The molecule has 2 aromatic rings. The van der Waals surface area contributed by atoms with E-state index in [1.54, 1.807) is 36.2 Å². The Morgan fingerprint density at radius 1 is 1.00 bits per heavy atom. The molecule has 1 N–H and O–H groups in total. The fourth-order valence-electron chi connectivity index (χ4n) is 2.58. The van der Waals surface area contributed by atoms with E-state index in [-0.39, 0.29) is 0 Å². The van der Waals surface area contributed by atoms with E-state index in [0.717, 1.165) is 17.8 Å². The summed E-state index contributed by atoms with van der Waals surface area (Å²) in [6, 6.07) is 11.1. The first-order valence-electron chi connectivity index (χ1n) is 9.06. The summed E-state index contributed by atoms with van der Waals surface area (Å²) in [7, 11) is 3.62. The van der Waals surface area contributed by atoms with Crippen molar-refractivity contribution in [3.63, 3.8) is 0 Å². The van der Waals surface area contributed by atoms with Crippen molar-refractivity contribution in [2.75, 3.05) is 14.1 Å². The number of ether oxygens (including phenoxy) is 2. The molecule has 0 heterocycles. The highest BCUT2D eigenvalue weighted by molar-refractivity contribution is 5.82. The van der Waals surface area contributed by atoms with Gasteiger partial charge in [-0.25, -0.2) is 0 Å². The van der Waals surface area contributed by atoms with E-state index >= 15 is 0 Å². The standard InChI is InChI=1S/C21H25F3N2O3/c1-14(25-26(3)4)13-20(27)15(2)28-17-9-11-19(12-10-17)29-18-7-5-16(6-8-18)21(22,23)24/h5-12,15,20,27H,13H2,1-4H3. The van der Waals surface area contributed by atoms with Gasteiger partial charge in [-0.2, -0.15) is 18.3 Å². The summed E-state index contributed by atoms with van der Waals surface area (Å²) in [5, 5.41) is 16.2. The van der Waals surface area contributed by atoms with Gasteiger partial charge in [-0.15, -0.1) is 0 Å². The average molecular weight is 410 g/mol. The van der Waals surface area contributed by atoms with Gasteiger partial charge in [0.15, 0.2) is 0 Å². The first-order chi connectivity index (χ1) is 13.5. The third-order valence-electron chi connectivity index (χ3n) is 3.98. The third-order valence-corrected chi connectivity index (χ3v) is 3.98. The fourth-order valence-corrected chi connectivity index (χ4v) is 2.58. The molecule has 2 rings (SSSR count). The van der Waals surface area contributed by atoms with Crippen molar-refractivity contribution in [1.29, 1.82) is 0 Å². The largest absolute Gasteiger partial charge is 0.488 e. The molecule has 0 aliphatic heterocycles. The highest BCUT2D eigenvalue weighted by Crippen LogP contribution is 2.31. The van der Waals surface area contributed by atoms with Gasteiger partial charge in [-0.1, -0.05) is 0 Å². The summed E-state index contributed by atoms with van der Waals surface area (Å²) in [5.74, 6) is 1.30. The Morgan fingerprint density at radius 3 is 1.97 bits per heavy atom. The summed E-state index contributed by atoms with van der Waals surface area (Å²) < 4.78 is 49.1. The molecule has 2 atom stereocenters. The van der Waals surface area contributed by atoms with Gasteiger partial charge in [0.1, 0.15) is 23.4 Å². The van der Waals surface area contributed by atoms with Crippen LogP contribution in [-0.2, 0) is 6.18 Å². The van der Waals surface area contributed by atoms with Crippen LogP contribution < -0.4 is 9.47 Å². The zero-order chi connectivity index (χ0) is 21.6. The molecular weight excluding hydrogens is 385 g/mol. The molecular formula is C21H25F3N2O3. The lowest BCUT2D eigenvalue weighted by Gasteiger charge is -2.21. The molecule has 0 amide bonds. The molecule has 29 heavy (non-hydrogen) atoms. The highest BCUT2D eigenvalue weighted by Gasteiger charge is 2.30. The van der Waals surface area contributed by atoms with Crippen LogP contribution in [0.25, 0.3) is 0 Å². The van der Waals surface area contributed by atoms with Crippen molar-refractivity contribution in [1.82, 2.24) is 5.01 Å². The molecule has 0 aliphatic carbocycles. The van der Waals surface area contributed by atoms with Crippen molar-refractivity contribution in [2.45, 2.75) is 38.7 Å². The molecule has 0 saturated heterocycles. The summed E-state index contributed by atoms with van der Waals surface area (Å²) >= 11 is 0. The van der Waals surface area contributed by atoms with Crippen molar-refractivity contribution in [3.8, 4) is 17.2 Å². The van der Waals surface area contributed by atoms with E-state index in [9.17, 15) is 18.3 Å². The molecule has 0 aliphatic rings. The second-order valence-electron chi connectivity index (χ2n) is 6.87. The van der Waals surface area contributed by atoms with Crippen molar-refractivity contribution >= 4 is 5.71 Å². The van der Waals surface area contributed by atoms with Crippen molar-refractivity contribution < 1.29 is 27.8 Å². The molecule has 2 unspecified atom stereocenters. The minimum Gasteiger partial charge on any atom is -0.488 e. The molecule has 0 radical (unpaired) electrons. The van der Waals surface area contributed by atoms with Crippen LogP contribution in [0.2, 0.25) is 0 Å². The molecule has 5 nitrogen and oxygen atoms in total. The van der Waals surface area contributed by atoms with E-state index in [1.165, 1.54) is 12.1 Å². The number of rotatable bonds is 8. The van der Waals surface area contributed by atoms with Gasteiger partial charge in [0.05, 0.1) is 11.7 Å². The monoisotopic (exact) mass is 410 g/mol. The first kappa shape index (κ1) is 22.5. The summed E-state index contributed by atoms with van der Waals surface area (Å²) in [5.41, 5.74) is 0.0604. The Balaban J connectivity index is 1.92. The van der Waals surface area contributed by atoms with E-state index in [1.807, 2.05) is 21.0 Å². The van der Waals surface area contributed by atoms with Crippen molar-refractivity contribution in [3.05, 3.63) is 54.1 Å². The lowest BCUT2D eigenvalue weighted by Crippen LogP contribution is -2.30. The highest BCUT2D eigenvalue weighted by atomic mass is 19.4. The number of aliphatic hydroxyl groups excluding tert-OH is 1. The van der Waals surface area contributed by atoms with Crippen LogP contribution in [0.15, 0.2) is 53.6 Å². The zero-order valence-electron chi connectivity index (χ0n) is 16.8. The SMILES string of the molecule is CC(CC(O)C(C)Oc1ccc(Oc2ccc(C(F)(F)F)cc2)cc1)=NN(C)C. The number of benzene rings is 2. The Kier molecular flexibility index (Phi) is 7.50. The molecule has 8 heteroatoms. The lowest BCUT2D eigenvalue weighted by atomic mass is 10.1. The number of alkyl halides is 3. The molecule has 0 aromatic heterocycles. The predicted octanol–water partition coefficient (Wildman–Crippen LogP) is 4.95. The smallest absolute Gasteiger partial charge is 0.416 e. The fraction of sp³-hybridized carbons (Fsp3) is 0.381. The van der Waals surface area contributed by atoms with E-state index in [4.69, 9.17) is 9.47 Å². The van der Waals surface area contributed by atoms with Crippen LogP contribution in [-0.4, -0.2) is 42.1 Å². The minimum absolute atomic E-state index is 0.297. The predicted molar refractivity (Wildman–Crippen MR) is 105 cm³/mol. The van der Waals surface area contributed by atoms with Crippen LogP contribution in [0.1, 0.15) is 25.8 Å². The summed E-state index contributed by atoms with van der Waals surface area (Å²) in [6.07, 6.45) is -5.17. The van der Waals surface area contributed by atoms with Gasteiger partial charge < -0.3 is 19.6 Å². The number of aliphatic hydroxyl groups is 1. The van der Waals surface area contributed by atoms with Crippen LogP contribution >= 0.6 is 0 Å². The summed E-state index contributed by atoms with van der Waals surface area (Å²) in [4.78, 5) is 0. The van der Waals surface area contributed by atoms with Crippen LogP contribution in [0.4, 0.5) is 13.2 Å². The number of nitrogens with zero attached hydrogens (tertiary/aromatic N) is 2. The molecule has 0 bridgehead atoms. The third kappa shape index (κ3) is 7.30. The molecule has 0 spiro atoms. The second-order valence-corrected chi connectivity index (χ2v) is 6.87. The van der Waals surface area contributed by atoms with Gasteiger partial charge in [0.25, 0.3) is 0 Å². The Hall–Kier alpha value is -2.74. The Labute approximate surface area is 168 Å². The van der Waals surface area contributed by atoms with Gasteiger partial charge in [-0.3, -0.25) is 0 Å². The number of halogens is 3.